The van der Waals surface area contributed by atoms with Crippen molar-refractivity contribution >= 4 is 17.4 Å². The normalized spacial score (nSPS) is 11.4. The number of ether oxygens (including phenoxy) is 2. The van der Waals surface area contributed by atoms with Gasteiger partial charge in [0.15, 0.2) is 5.82 Å². The summed E-state index contributed by atoms with van der Waals surface area (Å²) in [6, 6.07) is 0. The van der Waals surface area contributed by atoms with Crippen LogP contribution in [0.2, 0.25) is 0 Å². The molecular weight excluding hydrogens is 377 g/mol. The van der Waals surface area contributed by atoms with Gasteiger partial charge >= 0.3 is 12.3 Å². The Hall–Kier alpha value is -3.25. The number of carbonyl (C=O) groups is 2. The molecule has 1 rings (SSSR count). The highest BCUT2D eigenvalue weighted by molar-refractivity contribution is 6.24. The van der Waals surface area contributed by atoms with E-state index < -0.39 is 63.3 Å². The molecule has 0 saturated heterocycles. The van der Waals surface area contributed by atoms with Gasteiger partial charge in [0.25, 0.3) is 0 Å². The van der Waals surface area contributed by atoms with Gasteiger partial charge in [-0.1, -0.05) is 0 Å². The highest BCUT2D eigenvalue weighted by Gasteiger charge is 2.39. The fraction of sp³-hybridized carbons (Fsp3) is 0.231. The lowest BCUT2D eigenvalue weighted by Crippen LogP contribution is -2.30. The van der Waals surface area contributed by atoms with Crippen molar-refractivity contribution in [1.82, 2.24) is 0 Å². The van der Waals surface area contributed by atoms with E-state index in [1.807, 2.05) is 0 Å². The number of carbonyl (C=O) groups excluding carboxylic acids is 2. The lowest BCUT2D eigenvalue weighted by Gasteiger charge is -2.13. The summed E-state index contributed by atoms with van der Waals surface area (Å²) in [5.74, 6) is -13.9. The monoisotopic (exact) mass is 384 g/mol. The molecule has 0 bridgehead atoms. The molecule has 0 aromatic heterocycles. The van der Waals surface area contributed by atoms with E-state index in [2.05, 4.69) is 9.47 Å². The molecule has 142 valence electrons. The van der Waals surface area contributed by atoms with Crippen LogP contribution >= 0.6 is 0 Å². The second-order valence-corrected chi connectivity index (χ2v) is 4.23. The Morgan fingerprint density at radius 1 is 1.19 bits per heavy atom. The number of nitrogens with zero attached hydrogens (tertiary/aromatic N) is 1. The highest BCUT2D eigenvalue weighted by Crippen LogP contribution is 2.37. The molecule has 0 aliphatic carbocycles. The smallest absolute Gasteiger partial charge is 0.387 e. The summed E-state index contributed by atoms with van der Waals surface area (Å²) < 4.78 is 73.9. The first-order valence-electron chi connectivity index (χ1n) is 6.41. The van der Waals surface area contributed by atoms with Crippen molar-refractivity contribution in [3.05, 3.63) is 45.0 Å². The quantitative estimate of drug-likeness (QED) is 0.0766. The van der Waals surface area contributed by atoms with Gasteiger partial charge in [-0.2, -0.15) is 17.6 Å². The number of carboxylic acids is 1. The summed E-state index contributed by atoms with van der Waals surface area (Å²) in [6.45, 7) is -2.75. The lowest BCUT2D eigenvalue weighted by molar-refractivity contribution is -0.388. The van der Waals surface area contributed by atoms with Crippen LogP contribution in [0.5, 0.6) is 5.75 Å². The van der Waals surface area contributed by atoms with Crippen LogP contribution in [-0.4, -0.2) is 29.9 Å². The maximum Gasteiger partial charge on any atom is 0.387 e. The van der Waals surface area contributed by atoms with Gasteiger partial charge in [-0.25, -0.2) is 4.39 Å². The van der Waals surface area contributed by atoms with E-state index in [9.17, 15) is 46.8 Å². The molecule has 26 heavy (non-hydrogen) atoms. The molecule has 13 heteroatoms. The van der Waals surface area contributed by atoms with Gasteiger partial charge in [0, 0.05) is 0 Å². The number of halogens is 5. The number of nitro groups is 1. The minimum absolute atomic E-state index is 0.202. The van der Waals surface area contributed by atoms with Gasteiger partial charge in [0.1, 0.15) is 5.56 Å². The van der Waals surface area contributed by atoms with Crippen LogP contribution in [0.25, 0.3) is 0 Å². The topological polar surface area (TPSA) is 119 Å². The average molecular weight is 384 g/mol. The maximum atomic E-state index is 14.2. The van der Waals surface area contributed by atoms with E-state index in [1.165, 1.54) is 6.92 Å². The van der Waals surface area contributed by atoms with E-state index in [-0.39, 0.29) is 12.9 Å². The number of hydrogen-bond acceptors (Lipinski definition) is 7. The number of aliphatic carboxylic acids is 1. The molecule has 0 unspecified atom stereocenters. The molecule has 0 spiro atoms. The number of benzene rings is 1. The summed E-state index contributed by atoms with van der Waals surface area (Å²) >= 11 is 0. The highest BCUT2D eigenvalue weighted by atomic mass is 19.3. The molecule has 0 N–H and O–H groups in total. The molecule has 1 aromatic carbocycles. The molecule has 8 nitrogen and oxygen atoms in total. The van der Waals surface area contributed by atoms with Gasteiger partial charge in [0.05, 0.1) is 29.3 Å². The van der Waals surface area contributed by atoms with Crippen LogP contribution in [0.3, 0.4) is 0 Å². The molecule has 0 aliphatic rings. The van der Waals surface area contributed by atoms with Crippen LogP contribution < -0.4 is 9.84 Å². The fourth-order valence-electron chi connectivity index (χ4n) is 1.69. The largest absolute Gasteiger partial charge is 0.545 e. The average Bonchev–Trinajstić information content (AvgIpc) is 2.53. The SMILES string of the molecule is CCOC=C(C(=O)[O-])C(=O)c1c(F)c(OC(F)F)c(F)c(F)c1[N+](=O)[O-]. The third-order valence-corrected chi connectivity index (χ3v) is 2.70. The van der Waals surface area contributed by atoms with Crippen LogP contribution in [0.15, 0.2) is 11.8 Å². The number of Topliss-reactive ketones (excluding diaryl/α,β-unsaturated/α-hetero) is 1. The van der Waals surface area contributed by atoms with Gasteiger partial charge in [-0.05, 0) is 6.92 Å². The third-order valence-electron chi connectivity index (χ3n) is 2.70. The van der Waals surface area contributed by atoms with E-state index in [4.69, 9.17) is 0 Å². The van der Waals surface area contributed by atoms with E-state index >= 15 is 0 Å². The number of hydrogen-bond donors (Lipinski definition) is 0. The maximum absolute atomic E-state index is 14.2. The number of alkyl halides is 2. The Bertz CT molecular complexity index is 794. The first-order chi connectivity index (χ1) is 12.0. The summed E-state index contributed by atoms with van der Waals surface area (Å²) in [4.78, 5) is 32.2. The van der Waals surface area contributed by atoms with Crippen LogP contribution in [-0.2, 0) is 9.53 Å². The summed E-state index contributed by atoms with van der Waals surface area (Å²) in [5, 5.41) is 21.8. The van der Waals surface area contributed by atoms with Crippen molar-refractivity contribution in [2.24, 2.45) is 0 Å². The van der Waals surface area contributed by atoms with E-state index in [0.717, 1.165) is 0 Å². The minimum Gasteiger partial charge on any atom is -0.545 e. The van der Waals surface area contributed by atoms with Crippen LogP contribution in [0.4, 0.5) is 27.6 Å². The Balaban J connectivity index is 3.82. The van der Waals surface area contributed by atoms with Crippen molar-refractivity contribution in [3.63, 3.8) is 0 Å². The zero-order valence-electron chi connectivity index (χ0n) is 12.6. The predicted molar refractivity (Wildman–Crippen MR) is 68.6 cm³/mol. The second-order valence-electron chi connectivity index (χ2n) is 4.23. The zero-order chi connectivity index (χ0) is 20.2. The van der Waals surface area contributed by atoms with E-state index in [1.54, 1.807) is 0 Å². The van der Waals surface area contributed by atoms with Gasteiger partial charge in [-0.3, -0.25) is 14.9 Å². The molecule has 0 aliphatic heterocycles. The molecule has 0 radical (unpaired) electrons. The molecular formula is C13H7F5NO7-. The van der Waals surface area contributed by atoms with Crippen LogP contribution in [0.1, 0.15) is 17.3 Å². The van der Waals surface area contributed by atoms with Gasteiger partial charge in [0.2, 0.25) is 23.2 Å². The Morgan fingerprint density at radius 3 is 2.19 bits per heavy atom. The molecule has 0 saturated carbocycles. The van der Waals surface area contributed by atoms with Crippen molar-refractivity contribution in [2.45, 2.75) is 13.5 Å². The predicted octanol–water partition coefficient (Wildman–Crippen LogP) is 1.47. The second kappa shape index (κ2) is 8.22. The van der Waals surface area contributed by atoms with Crippen molar-refractivity contribution in [1.29, 1.82) is 0 Å². The third kappa shape index (κ3) is 4.04. The Morgan fingerprint density at radius 2 is 1.77 bits per heavy atom. The number of ketones is 1. The first-order valence-corrected chi connectivity index (χ1v) is 6.41. The number of rotatable bonds is 8. The van der Waals surface area contributed by atoms with Crippen molar-refractivity contribution in [2.75, 3.05) is 6.61 Å². The molecule has 0 fully saturated rings. The number of carboxylic acid groups (broad SMARTS) is 1. The zero-order valence-corrected chi connectivity index (χ0v) is 12.6. The lowest BCUT2D eigenvalue weighted by atomic mass is 10.0. The van der Waals surface area contributed by atoms with Crippen molar-refractivity contribution in [3.8, 4) is 5.75 Å². The first kappa shape index (κ1) is 20.8. The summed E-state index contributed by atoms with van der Waals surface area (Å²) in [5.41, 5.74) is -5.59. The Labute approximate surface area is 140 Å². The minimum atomic E-state index is -3.89. The molecule has 0 heterocycles. The van der Waals surface area contributed by atoms with Crippen LogP contribution in [0, 0.1) is 27.6 Å². The number of nitro benzene ring substituents is 1. The molecule has 0 atom stereocenters. The van der Waals surface area contributed by atoms with Gasteiger partial charge in [-0.15, -0.1) is 0 Å². The fourth-order valence-corrected chi connectivity index (χ4v) is 1.69. The van der Waals surface area contributed by atoms with E-state index in [0.29, 0.717) is 0 Å². The summed E-state index contributed by atoms with van der Waals surface area (Å²) in [6.07, 6.45) is 0.218. The van der Waals surface area contributed by atoms with Gasteiger partial charge < -0.3 is 19.4 Å². The standard InChI is InChI=1S/C13H8F5NO7/c1-2-25-3-4(12(21)22)10(20)5-6(14)11(26-13(17)18)8(16)7(15)9(5)19(23)24/h3,13H,2H2,1H3,(H,21,22)/p-1. The molecule has 0 amide bonds. The Kier molecular flexibility index (Phi) is 6.58. The van der Waals surface area contributed by atoms with Crippen molar-refractivity contribution < 1.29 is 51.0 Å². The molecule has 1 aromatic rings. The summed E-state index contributed by atoms with van der Waals surface area (Å²) in [7, 11) is 0.